The summed E-state index contributed by atoms with van der Waals surface area (Å²) in [7, 11) is 0. The summed E-state index contributed by atoms with van der Waals surface area (Å²) in [5.74, 6) is -0.653. The molecule has 19 N–H and O–H groups in total. The predicted octanol–water partition coefficient (Wildman–Crippen LogP) is -5.62. The van der Waals surface area contributed by atoms with E-state index in [1.54, 1.807) is 0 Å². The van der Waals surface area contributed by atoms with E-state index in [9.17, 15) is 97.0 Å². The number of hydrogen-bond acceptors (Lipinski definition) is 34. The SMILES string of the molecule is C[C@@H]1O[C@@H](O[C@H]2[C@H](O[C@H]3CC[C@]4(C)[C@H]5CC=C6[C@@H]7CC(C)(C)CC[C@]7(C(=O)O[C@@H]7O[C@H](CO[C@@H]8O[C@H](CO)[C@@H](O)[C@H](O)[C@H]8O)[C@@H](O)[C@H](O)[C@H]7O)CC[C@@]6(C)[C@]5(C)CC[C@H]4C3(C)C)OC[C@@H](O)[C@@H]2O)[C@H](O)[C@H](O[C@@H]2OC[C@@H](O[C@@H]3O[C@H](CO)[C@@H](O[C@@H]4OC[C@@H](O)[C@H](O)[C@H]4O)[C@H](O)[C@H]3O)[C@H](O)[C@H]2O)[C@H]1O. The lowest BCUT2D eigenvalue weighted by atomic mass is 9.33. The van der Waals surface area contributed by atoms with Crippen LogP contribution in [0, 0.1) is 50.2 Å². The quantitative estimate of drug-likeness (QED) is 0.0367. The molecule has 0 aromatic carbocycles. The maximum atomic E-state index is 15.2. The number of hydrogen-bond donors (Lipinski definition) is 19. The molecule has 34 nitrogen and oxygen atoms in total. The second-order valence-electron chi connectivity index (χ2n) is 33.4. The third-order valence-corrected chi connectivity index (χ3v) is 26.5. The average Bonchev–Trinajstić information content (AvgIpc) is 0.675. The van der Waals surface area contributed by atoms with Crippen molar-refractivity contribution >= 4 is 5.97 Å². The third-order valence-electron chi connectivity index (χ3n) is 26.5. The monoisotopic (exact) mass is 1480 g/mol. The highest BCUT2D eigenvalue weighted by Crippen LogP contribution is 2.76. The van der Waals surface area contributed by atoms with E-state index in [4.69, 9.17) is 66.3 Å². The van der Waals surface area contributed by atoms with Crippen LogP contribution in [-0.4, -0.2) is 345 Å². The minimum absolute atomic E-state index is 0.0728. The number of ether oxygens (including phenoxy) is 14. The molecule has 7 heterocycles. The van der Waals surface area contributed by atoms with Gasteiger partial charge in [-0.15, -0.1) is 0 Å². The summed E-state index contributed by atoms with van der Waals surface area (Å²) in [5.41, 5.74) is -1.51. The molecule has 5 aliphatic carbocycles. The van der Waals surface area contributed by atoms with Crippen LogP contribution in [-0.2, 0) is 71.1 Å². The number of esters is 1. The molecule has 0 radical (unpaired) electrons. The first-order valence-corrected chi connectivity index (χ1v) is 36.4. The van der Waals surface area contributed by atoms with Crippen molar-refractivity contribution in [1.29, 1.82) is 0 Å². The molecule has 11 fully saturated rings. The minimum atomic E-state index is -1.98. The third kappa shape index (κ3) is 14.3. The lowest BCUT2D eigenvalue weighted by Crippen LogP contribution is -2.66. The number of fused-ring (bicyclic) bond motifs is 7. The number of rotatable bonds is 17. The first kappa shape index (κ1) is 80.4. The average molecular weight is 1490 g/mol. The smallest absolute Gasteiger partial charge is 0.315 e. The maximum absolute atomic E-state index is 15.2. The normalized spacial score (nSPS) is 54.3. The number of aliphatic hydroxyl groups is 19. The van der Waals surface area contributed by atoms with Gasteiger partial charge in [-0.1, -0.05) is 60.1 Å². The van der Waals surface area contributed by atoms with E-state index in [2.05, 4.69) is 54.5 Å². The van der Waals surface area contributed by atoms with Crippen LogP contribution in [0.5, 0.6) is 0 Å². The molecule has 0 aromatic heterocycles. The summed E-state index contributed by atoms with van der Waals surface area (Å²) >= 11 is 0. The fourth-order valence-electron chi connectivity index (χ4n) is 19.9. The molecule has 40 atom stereocenters. The van der Waals surface area contributed by atoms with Crippen LogP contribution in [0.15, 0.2) is 11.6 Å². The van der Waals surface area contributed by atoms with Crippen molar-refractivity contribution in [1.82, 2.24) is 0 Å². The van der Waals surface area contributed by atoms with Crippen molar-refractivity contribution in [3.05, 3.63) is 11.6 Å². The van der Waals surface area contributed by atoms with Crippen molar-refractivity contribution in [2.24, 2.45) is 50.2 Å². The van der Waals surface area contributed by atoms with Gasteiger partial charge in [-0.2, -0.15) is 0 Å². The lowest BCUT2D eigenvalue weighted by molar-refractivity contribution is -0.385. The molecule has 0 bridgehead atoms. The zero-order chi connectivity index (χ0) is 74.9. The largest absolute Gasteiger partial charge is 0.432 e. The standard InChI is InChI=1S/C69H112O34/c1-26-38(74)54(101-58-48(84)43(79)34(25-93-58)97-59-51(87)46(82)53(32(21-71)96-59)100-57-47(83)39(75)29(72)22-90-57)52(88)61(94-26)102-55-40(76)30(73)23-91-62(55)99-37-12-13-66(6)35(65(37,4)5)11-14-68(8)36(66)10-9-27-28-19-64(2,3)15-17-69(28,18-16-67(27,68)7)63(89)103-60-50(86)45(81)42(78)33(98-60)24-92-56-49(85)44(80)41(77)31(20-70)95-56/h9,26,28-62,70-88H,10-25H2,1-8H3/t26-,28-,29+,30+,31+,32+,33+,34+,35-,36+,37-,38-,39-,40-,41+,42+,43-,44-,45-,46+,47+,48+,49+,50+,51+,52+,53+,54+,55+,56+,57-,58-,59-,60-,61-,62-,66-,67+,68+,69-/m0/s1. The zero-order valence-electron chi connectivity index (χ0n) is 59.3. The van der Waals surface area contributed by atoms with E-state index in [-0.39, 0.29) is 40.6 Å². The first-order valence-electron chi connectivity index (χ1n) is 36.4. The Morgan fingerprint density at radius 1 is 0.466 bits per heavy atom. The second kappa shape index (κ2) is 30.5. The summed E-state index contributed by atoms with van der Waals surface area (Å²) in [6.45, 7) is 13.7. The highest BCUT2D eigenvalue weighted by Gasteiger charge is 2.71. The topological polar surface area (TPSA) is 531 Å². The van der Waals surface area contributed by atoms with Crippen LogP contribution < -0.4 is 0 Å². The highest BCUT2D eigenvalue weighted by molar-refractivity contribution is 5.79. The minimum Gasteiger partial charge on any atom is -0.432 e. The van der Waals surface area contributed by atoms with Crippen LogP contribution in [0.2, 0.25) is 0 Å². The van der Waals surface area contributed by atoms with Crippen LogP contribution in [0.1, 0.15) is 120 Å². The number of carbonyl (C=O) groups is 1. The molecule has 12 aliphatic rings. The Labute approximate surface area is 596 Å². The summed E-state index contributed by atoms with van der Waals surface area (Å²) in [6, 6.07) is 0. The molecule has 12 rings (SSSR count). The van der Waals surface area contributed by atoms with E-state index in [0.717, 1.165) is 19.3 Å². The number of carbonyl (C=O) groups excluding carboxylic acids is 1. The maximum Gasteiger partial charge on any atom is 0.315 e. The molecule has 592 valence electrons. The number of allylic oxidation sites excluding steroid dienone is 2. The Morgan fingerprint density at radius 2 is 1.02 bits per heavy atom. The van der Waals surface area contributed by atoms with Crippen LogP contribution in [0.25, 0.3) is 0 Å². The van der Waals surface area contributed by atoms with Crippen molar-refractivity contribution in [3.63, 3.8) is 0 Å². The van der Waals surface area contributed by atoms with Gasteiger partial charge in [-0.25, -0.2) is 0 Å². The van der Waals surface area contributed by atoms with Gasteiger partial charge < -0.3 is 163 Å². The molecule has 0 aromatic rings. The van der Waals surface area contributed by atoms with Crippen molar-refractivity contribution in [2.45, 2.75) is 322 Å². The Hall–Kier alpha value is -2.07. The Morgan fingerprint density at radius 3 is 1.70 bits per heavy atom. The summed E-state index contributed by atoms with van der Waals surface area (Å²) in [6.07, 6.45) is -44.8. The van der Waals surface area contributed by atoms with Crippen LogP contribution >= 0.6 is 0 Å². The van der Waals surface area contributed by atoms with Crippen molar-refractivity contribution in [2.75, 3.05) is 39.6 Å². The van der Waals surface area contributed by atoms with Crippen LogP contribution in [0.4, 0.5) is 0 Å². The summed E-state index contributed by atoms with van der Waals surface area (Å²) in [5, 5.41) is 206. The van der Waals surface area contributed by atoms with E-state index in [0.29, 0.717) is 44.9 Å². The zero-order valence-corrected chi connectivity index (χ0v) is 59.3. The van der Waals surface area contributed by atoms with Crippen LogP contribution in [0.3, 0.4) is 0 Å². The Balaban J connectivity index is 0.689. The first-order chi connectivity index (χ1) is 48.4. The molecule has 34 heteroatoms. The molecule has 0 spiro atoms. The van der Waals surface area contributed by atoms with Gasteiger partial charge in [0.2, 0.25) is 6.29 Å². The second-order valence-corrected chi connectivity index (χ2v) is 33.4. The predicted molar refractivity (Wildman–Crippen MR) is 341 cm³/mol. The van der Waals surface area contributed by atoms with Gasteiger partial charge >= 0.3 is 5.97 Å². The number of aliphatic hydroxyl groups excluding tert-OH is 19. The molecule has 103 heavy (non-hydrogen) atoms. The molecular weight excluding hydrogens is 1370 g/mol. The Kier molecular flexibility index (Phi) is 23.9. The van der Waals surface area contributed by atoms with Gasteiger partial charge in [0, 0.05) is 0 Å². The molecule has 0 amide bonds. The molecule has 7 aliphatic heterocycles. The fraction of sp³-hybridized carbons (Fsp3) is 0.957. The highest BCUT2D eigenvalue weighted by atomic mass is 16.8. The van der Waals surface area contributed by atoms with Gasteiger partial charge in [-0.05, 0) is 116 Å². The fourth-order valence-corrected chi connectivity index (χ4v) is 19.9. The van der Waals surface area contributed by atoms with E-state index >= 15 is 4.79 Å². The molecule has 0 unspecified atom stereocenters. The molecular formula is C69H112O34. The van der Waals surface area contributed by atoms with E-state index < -0.39 is 258 Å². The van der Waals surface area contributed by atoms with E-state index in [1.165, 1.54) is 12.5 Å². The molecule has 7 saturated heterocycles. The van der Waals surface area contributed by atoms with Gasteiger partial charge in [-0.3, -0.25) is 4.79 Å². The van der Waals surface area contributed by atoms with Gasteiger partial charge in [0.1, 0.15) is 146 Å². The Bertz CT molecular complexity index is 2910. The molecule has 4 saturated carbocycles. The summed E-state index contributed by atoms with van der Waals surface area (Å²) in [4.78, 5) is 15.2. The van der Waals surface area contributed by atoms with Gasteiger partial charge in [0.15, 0.2) is 37.7 Å². The lowest BCUT2D eigenvalue weighted by Gasteiger charge is -2.71. The van der Waals surface area contributed by atoms with Gasteiger partial charge in [0.05, 0.1) is 57.3 Å². The van der Waals surface area contributed by atoms with Gasteiger partial charge in [0.25, 0.3) is 0 Å². The summed E-state index contributed by atoms with van der Waals surface area (Å²) < 4.78 is 82.8. The van der Waals surface area contributed by atoms with Crippen molar-refractivity contribution < 1.29 is 168 Å². The van der Waals surface area contributed by atoms with E-state index in [1.807, 2.05) is 0 Å². The van der Waals surface area contributed by atoms with Crippen molar-refractivity contribution in [3.8, 4) is 0 Å².